The van der Waals surface area contributed by atoms with Crippen molar-refractivity contribution in [3.8, 4) is 11.3 Å². The summed E-state index contributed by atoms with van der Waals surface area (Å²) in [5.41, 5.74) is 2.14. The summed E-state index contributed by atoms with van der Waals surface area (Å²) in [5.74, 6) is 0. The van der Waals surface area contributed by atoms with E-state index in [2.05, 4.69) is 22.1 Å². The van der Waals surface area contributed by atoms with Crippen LogP contribution in [0.5, 0.6) is 0 Å². The van der Waals surface area contributed by atoms with Gasteiger partial charge in [-0.1, -0.05) is 30.3 Å². The quantitative estimate of drug-likeness (QED) is 0.597. The van der Waals surface area contributed by atoms with E-state index in [9.17, 15) is 0 Å². The second-order valence-electron chi connectivity index (χ2n) is 3.17. The first-order valence-electron chi connectivity index (χ1n) is 5.01. The number of benzene rings is 1. The Labute approximate surface area is 114 Å². The Morgan fingerprint density at radius 3 is 2.53 bits per heavy atom. The zero-order valence-electron chi connectivity index (χ0n) is 9.58. The molecule has 0 aliphatic rings. The van der Waals surface area contributed by atoms with E-state index in [-0.39, 0.29) is 0 Å². The fourth-order valence-corrected chi connectivity index (χ4v) is 3.15. The normalized spacial score (nSPS) is 10.2. The molecule has 0 atom stereocenters. The van der Waals surface area contributed by atoms with Crippen molar-refractivity contribution < 1.29 is 0 Å². The topological polar surface area (TPSA) is 25.2 Å². The van der Waals surface area contributed by atoms with E-state index in [0.717, 1.165) is 20.8 Å². The van der Waals surface area contributed by atoms with Crippen LogP contribution >= 0.6 is 34.9 Å². The number of rotatable bonds is 2. The van der Waals surface area contributed by atoms with Gasteiger partial charge >= 0.3 is 0 Å². The summed E-state index contributed by atoms with van der Waals surface area (Å²) in [6.45, 7) is 0. The van der Waals surface area contributed by atoms with Crippen LogP contribution in [0.4, 0.5) is 5.13 Å². The van der Waals surface area contributed by atoms with E-state index in [1.807, 2.05) is 36.1 Å². The van der Waals surface area contributed by atoms with E-state index in [0.29, 0.717) is 0 Å². The third-order valence-corrected chi connectivity index (χ3v) is 4.71. The lowest BCUT2D eigenvalue weighted by Crippen LogP contribution is -1.80. The van der Waals surface area contributed by atoms with Gasteiger partial charge in [0, 0.05) is 10.9 Å². The lowest BCUT2D eigenvalue weighted by Gasteiger charge is -1.95. The predicted octanol–water partition coefficient (Wildman–Crippen LogP) is 4.52. The molecule has 0 amide bonds. The molecular weight excluding hydrogens is 268 g/mol. The molecule has 0 N–H and O–H groups in total. The number of hydrogen-bond acceptors (Lipinski definition) is 5. The first-order chi connectivity index (χ1) is 8.33. The number of hydrogen-bond donors (Lipinski definition) is 0. The summed E-state index contributed by atoms with van der Waals surface area (Å²) in [7, 11) is 0. The Morgan fingerprint density at radius 1 is 1.18 bits per heavy atom. The zero-order chi connectivity index (χ0) is 12.1. The van der Waals surface area contributed by atoms with Crippen molar-refractivity contribution >= 4 is 44.4 Å². The van der Waals surface area contributed by atoms with Gasteiger partial charge in [-0.05, 0) is 12.5 Å². The molecule has 0 radical (unpaired) electrons. The highest BCUT2D eigenvalue weighted by molar-refractivity contribution is 8.38. The van der Waals surface area contributed by atoms with E-state index in [4.69, 9.17) is 0 Å². The number of thioether (sulfide) groups is 2. The van der Waals surface area contributed by atoms with Crippen LogP contribution in [0.2, 0.25) is 0 Å². The smallest absolute Gasteiger partial charge is 0.211 e. The average molecular weight is 280 g/mol. The van der Waals surface area contributed by atoms with Crippen LogP contribution in [0.1, 0.15) is 0 Å². The van der Waals surface area contributed by atoms with E-state index < -0.39 is 0 Å². The fourth-order valence-electron chi connectivity index (χ4n) is 1.31. The van der Waals surface area contributed by atoms with E-state index in [1.165, 1.54) is 0 Å². The minimum absolute atomic E-state index is 0.822. The molecule has 0 saturated heterocycles. The van der Waals surface area contributed by atoms with Gasteiger partial charge in [0.15, 0.2) is 0 Å². The molecule has 1 aromatic carbocycles. The highest BCUT2D eigenvalue weighted by atomic mass is 32.2. The molecule has 0 fully saturated rings. The Hall–Kier alpha value is -0.780. The van der Waals surface area contributed by atoms with Crippen LogP contribution in [0.25, 0.3) is 11.3 Å². The number of nitrogens with zero attached hydrogens (tertiary/aromatic N) is 2. The van der Waals surface area contributed by atoms with Crippen LogP contribution in [0, 0.1) is 0 Å². The summed E-state index contributed by atoms with van der Waals surface area (Å²) in [5, 5.41) is 2.87. The lowest BCUT2D eigenvalue weighted by molar-refractivity contribution is 1.36. The summed E-state index contributed by atoms with van der Waals surface area (Å²) in [4.78, 5) is 9.01. The van der Waals surface area contributed by atoms with Crippen molar-refractivity contribution in [1.82, 2.24) is 4.98 Å². The molecule has 2 aromatic rings. The van der Waals surface area contributed by atoms with Gasteiger partial charge in [0.05, 0.1) is 5.69 Å². The third-order valence-electron chi connectivity index (χ3n) is 2.10. The first-order valence-corrected chi connectivity index (χ1v) is 8.34. The molecule has 2 nitrogen and oxygen atoms in total. The lowest BCUT2D eigenvalue weighted by atomic mass is 10.2. The number of thiazole rings is 1. The number of aromatic nitrogens is 1. The van der Waals surface area contributed by atoms with Gasteiger partial charge in [-0.25, -0.2) is 9.98 Å². The molecule has 0 aliphatic heterocycles. The van der Waals surface area contributed by atoms with Gasteiger partial charge in [0.1, 0.15) is 4.38 Å². The highest BCUT2D eigenvalue weighted by Crippen LogP contribution is 2.28. The monoisotopic (exact) mass is 280 g/mol. The molecule has 17 heavy (non-hydrogen) atoms. The maximum Gasteiger partial charge on any atom is 0.211 e. The molecule has 2 rings (SSSR count). The Morgan fingerprint density at radius 2 is 1.88 bits per heavy atom. The van der Waals surface area contributed by atoms with Gasteiger partial charge < -0.3 is 0 Å². The molecule has 0 saturated carbocycles. The molecule has 1 aromatic heterocycles. The molecule has 0 bridgehead atoms. The van der Waals surface area contributed by atoms with Crippen LogP contribution < -0.4 is 0 Å². The highest BCUT2D eigenvalue weighted by Gasteiger charge is 2.04. The van der Waals surface area contributed by atoms with Crippen molar-refractivity contribution in [2.45, 2.75) is 0 Å². The van der Waals surface area contributed by atoms with Crippen LogP contribution in [0.3, 0.4) is 0 Å². The summed E-state index contributed by atoms with van der Waals surface area (Å²) in [6, 6.07) is 10.2. The van der Waals surface area contributed by atoms with Gasteiger partial charge in [0.2, 0.25) is 5.13 Å². The second kappa shape index (κ2) is 6.23. The largest absolute Gasteiger partial charge is 0.218 e. The number of aliphatic imine (C=N–C) groups is 1. The van der Waals surface area contributed by atoms with Crippen molar-refractivity contribution in [2.75, 3.05) is 12.5 Å². The van der Waals surface area contributed by atoms with Gasteiger partial charge in [-0.3, -0.25) is 0 Å². The van der Waals surface area contributed by atoms with Crippen molar-refractivity contribution in [3.05, 3.63) is 35.7 Å². The fraction of sp³-hybridized carbons (Fsp3) is 0.167. The molecule has 1 heterocycles. The van der Waals surface area contributed by atoms with Gasteiger partial charge in [-0.2, -0.15) is 0 Å². The molecular formula is C12H12N2S3. The van der Waals surface area contributed by atoms with Crippen LogP contribution in [-0.4, -0.2) is 21.9 Å². The minimum Gasteiger partial charge on any atom is -0.218 e. The molecule has 0 aliphatic carbocycles. The predicted molar refractivity (Wildman–Crippen MR) is 81.7 cm³/mol. The zero-order valence-corrected chi connectivity index (χ0v) is 12.0. The standard InChI is InChI=1S/C12H12N2S3/c1-15-12(16-2)14-11-13-10(8-17-11)9-6-4-3-5-7-9/h3-8H,1-2H3. The average Bonchev–Trinajstić information content (AvgIpc) is 2.85. The maximum atomic E-state index is 4.52. The van der Waals surface area contributed by atoms with Gasteiger partial charge in [0.25, 0.3) is 0 Å². The first kappa shape index (κ1) is 12.7. The third kappa shape index (κ3) is 3.34. The molecule has 0 unspecified atom stereocenters. The second-order valence-corrected chi connectivity index (χ2v) is 5.85. The van der Waals surface area contributed by atoms with Crippen molar-refractivity contribution in [3.63, 3.8) is 0 Å². The van der Waals surface area contributed by atoms with Crippen molar-refractivity contribution in [2.24, 2.45) is 4.99 Å². The van der Waals surface area contributed by atoms with E-state index >= 15 is 0 Å². The molecule has 5 heteroatoms. The molecule has 0 spiro atoms. The Bertz CT molecular complexity index is 499. The maximum absolute atomic E-state index is 4.52. The SMILES string of the molecule is CSC(=Nc1nc(-c2ccccc2)cs1)SC. The summed E-state index contributed by atoms with van der Waals surface area (Å²) < 4.78 is 1.04. The van der Waals surface area contributed by atoms with E-state index in [1.54, 1.807) is 34.9 Å². The van der Waals surface area contributed by atoms with Crippen LogP contribution in [-0.2, 0) is 0 Å². The van der Waals surface area contributed by atoms with Crippen molar-refractivity contribution in [1.29, 1.82) is 0 Å². The Kier molecular flexibility index (Phi) is 4.65. The Balaban J connectivity index is 2.25. The van der Waals surface area contributed by atoms with Crippen LogP contribution in [0.15, 0.2) is 40.7 Å². The van der Waals surface area contributed by atoms with Gasteiger partial charge in [-0.15, -0.1) is 34.9 Å². The minimum atomic E-state index is 0.822. The summed E-state index contributed by atoms with van der Waals surface area (Å²) >= 11 is 4.88. The molecule has 88 valence electrons. The summed E-state index contributed by atoms with van der Waals surface area (Å²) in [6.07, 6.45) is 4.06.